The van der Waals surface area contributed by atoms with Crippen molar-refractivity contribution in [2.75, 3.05) is 0 Å². The first-order chi connectivity index (χ1) is 16.7. The molecule has 1 aliphatic carbocycles. The van der Waals surface area contributed by atoms with Crippen molar-refractivity contribution in [2.24, 2.45) is 11.8 Å². The summed E-state index contributed by atoms with van der Waals surface area (Å²) in [5.41, 5.74) is 3.37. The Hall–Kier alpha value is -4.04. The van der Waals surface area contributed by atoms with Gasteiger partial charge >= 0.3 is 0 Å². The zero-order chi connectivity index (χ0) is 23.3. The SMILES string of the molecule is O=C(c1ccccc1)[C@@H]1[C@H](C(=O)c2ccccc2)[C@H](c2ccccc2)C=C[C@H]1c1ccccc1. The maximum Gasteiger partial charge on any atom is 0.167 e. The summed E-state index contributed by atoms with van der Waals surface area (Å²) >= 11 is 0. The molecule has 5 rings (SSSR count). The van der Waals surface area contributed by atoms with Crippen molar-refractivity contribution in [3.8, 4) is 0 Å². The smallest absolute Gasteiger partial charge is 0.167 e. The topological polar surface area (TPSA) is 34.1 Å². The molecule has 1 aliphatic rings. The van der Waals surface area contributed by atoms with Crippen LogP contribution < -0.4 is 0 Å². The standard InChI is InChI=1S/C32H26O2/c33-31(25-17-9-3-10-18-25)29-27(23-13-5-1-6-14-23)21-22-28(24-15-7-2-8-16-24)30(29)32(34)26-19-11-4-12-20-26/h1-22,27-30H/t27-,28-,29-,30+/m0/s1. The number of hydrogen-bond acceptors (Lipinski definition) is 2. The molecule has 0 aromatic heterocycles. The molecule has 0 spiro atoms. The van der Waals surface area contributed by atoms with Gasteiger partial charge in [-0.05, 0) is 11.1 Å². The van der Waals surface area contributed by atoms with Gasteiger partial charge in [0.1, 0.15) is 0 Å². The first kappa shape index (κ1) is 21.8. The van der Waals surface area contributed by atoms with Gasteiger partial charge in [0.2, 0.25) is 0 Å². The van der Waals surface area contributed by atoms with E-state index in [1.807, 2.05) is 121 Å². The Morgan fingerprint density at radius 1 is 0.412 bits per heavy atom. The van der Waals surface area contributed by atoms with Gasteiger partial charge in [-0.2, -0.15) is 0 Å². The van der Waals surface area contributed by atoms with Crippen LogP contribution >= 0.6 is 0 Å². The molecule has 34 heavy (non-hydrogen) atoms. The minimum absolute atomic E-state index is 0.00835. The minimum atomic E-state index is -0.521. The van der Waals surface area contributed by atoms with Crippen LogP contribution in [0.15, 0.2) is 133 Å². The molecule has 2 nitrogen and oxygen atoms in total. The van der Waals surface area contributed by atoms with E-state index in [1.54, 1.807) is 0 Å². The van der Waals surface area contributed by atoms with Gasteiger partial charge in [0.05, 0.1) is 0 Å². The summed E-state index contributed by atoms with van der Waals surface area (Å²) in [6.45, 7) is 0. The highest BCUT2D eigenvalue weighted by atomic mass is 16.1. The van der Waals surface area contributed by atoms with Gasteiger partial charge in [0, 0.05) is 34.8 Å². The second-order valence-electron chi connectivity index (χ2n) is 8.77. The molecule has 2 heteroatoms. The number of benzene rings is 4. The Balaban J connectivity index is 1.70. The van der Waals surface area contributed by atoms with E-state index in [9.17, 15) is 9.59 Å². The summed E-state index contributed by atoms with van der Waals surface area (Å²) in [7, 11) is 0. The van der Waals surface area contributed by atoms with E-state index in [0.29, 0.717) is 11.1 Å². The molecule has 0 unspecified atom stereocenters. The van der Waals surface area contributed by atoms with Crippen molar-refractivity contribution in [1.29, 1.82) is 0 Å². The van der Waals surface area contributed by atoms with E-state index in [2.05, 4.69) is 12.2 Å². The molecule has 0 amide bonds. The average molecular weight is 443 g/mol. The van der Waals surface area contributed by atoms with Gasteiger partial charge in [-0.1, -0.05) is 133 Å². The molecule has 0 heterocycles. The number of Topliss-reactive ketones (excluding diaryl/α,β-unsaturated/α-hetero) is 2. The summed E-state index contributed by atoms with van der Waals surface area (Å²) in [4.78, 5) is 28.2. The zero-order valence-electron chi connectivity index (χ0n) is 18.8. The maximum atomic E-state index is 14.1. The van der Waals surface area contributed by atoms with Gasteiger partial charge in [-0.25, -0.2) is 0 Å². The number of carbonyl (C=O) groups is 2. The molecular formula is C32H26O2. The van der Waals surface area contributed by atoms with Gasteiger partial charge in [0.25, 0.3) is 0 Å². The van der Waals surface area contributed by atoms with Gasteiger partial charge < -0.3 is 0 Å². The molecule has 4 aromatic carbocycles. The lowest BCUT2D eigenvalue weighted by Gasteiger charge is -2.38. The van der Waals surface area contributed by atoms with Crippen LogP contribution in [0.3, 0.4) is 0 Å². The Labute approximate surface area is 200 Å². The molecule has 4 aromatic rings. The second kappa shape index (κ2) is 9.84. The van der Waals surface area contributed by atoms with Gasteiger partial charge in [0.15, 0.2) is 11.6 Å². The summed E-state index contributed by atoms with van der Waals surface area (Å²) in [5, 5.41) is 0. The quantitative estimate of drug-likeness (QED) is 0.235. The average Bonchev–Trinajstić information content (AvgIpc) is 2.93. The lowest BCUT2D eigenvalue weighted by molar-refractivity contribution is 0.0724. The van der Waals surface area contributed by atoms with Crippen LogP contribution in [0.2, 0.25) is 0 Å². The third-order valence-electron chi connectivity index (χ3n) is 6.78. The molecule has 0 saturated heterocycles. The fraction of sp³-hybridized carbons (Fsp3) is 0.125. The fourth-order valence-electron chi connectivity index (χ4n) is 5.16. The Bertz CT molecular complexity index is 1180. The third-order valence-corrected chi connectivity index (χ3v) is 6.78. The molecule has 0 N–H and O–H groups in total. The Kier molecular flexibility index (Phi) is 6.31. The van der Waals surface area contributed by atoms with Crippen molar-refractivity contribution >= 4 is 11.6 Å². The molecule has 0 bridgehead atoms. The number of ketones is 2. The van der Waals surface area contributed by atoms with Crippen molar-refractivity contribution in [1.82, 2.24) is 0 Å². The molecule has 4 atom stereocenters. The highest BCUT2D eigenvalue weighted by Crippen LogP contribution is 2.47. The highest BCUT2D eigenvalue weighted by molar-refractivity contribution is 6.06. The molecule has 166 valence electrons. The molecule has 0 aliphatic heterocycles. The molecule has 0 fully saturated rings. The Morgan fingerprint density at radius 3 is 1.03 bits per heavy atom. The Morgan fingerprint density at radius 2 is 0.706 bits per heavy atom. The van der Waals surface area contributed by atoms with Crippen LogP contribution in [0.25, 0.3) is 0 Å². The largest absolute Gasteiger partial charge is 0.294 e. The predicted molar refractivity (Wildman–Crippen MR) is 136 cm³/mol. The van der Waals surface area contributed by atoms with Gasteiger partial charge in [-0.3, -0.25) is 9.59 Å². The predicted octanol–water partition coefficient (Wildman–Crippen LogP) is 7.12. The van der Waals surface area contributed by atoms with Crippen LogP contribution in [0.5, 0.6) is 0 Å². The lowest BCUT2D eigenvalue weighted by atomic mass is 9.62. The maximum absolute atomic E-state index is 14.1. The van der Waals surface area contributed by atoms with Crippen LogP contribution in [-0.4, -0.2) is 11.6 Å². The van der Waals surface area contributed by atoms with E-state index in [0.717, 1.165) is 11.1 Å². The molecule has 0 saturated carbocycles. The fourth-order valence-corrected chi connectivity index (χ4v) is 5.16. The molecular weight excluding hydrogens is 416 g/mol. The first-order valence-corrected chi connectivity index (χ1v) is 11.7. The van der Waals surface area contributed by atoms with E-state index in [4.69, 9.17) is 0 Å². The van der Waals surface area contributed by atoms with Crippen molar-refractivity contribution in [2.45, 2.75) is 11.8 Å². The summed E-state index contributed by atoms with van der Waals surface area (Å²) in [6, 6.07) is 38.9. The van der Waals surface area contributed by atoms with E-state index >= 15 is 0 Å². The monoisotopic (exact) mass is 442 g/mol. The zero-order valence-corrected chi connectivity index (χ0v) is 18.8. The van der Waals surface area contributed by atoms with Crippen molar-refractivity contribution in [3.63, 3.8) is 0 Å². The summed E-state index contributed by atoms with van der Waals surface area (Å²) in [6.07, 6.45) is 4.26. The number of allylic oxidation sites excluding steroid dienone is 2. The third kappa shape index (κ3) is 4.27. The highest BCUT2D eigenvalue weighted by Gasteiger charge is 2.45. The van der Waals surface area contributed by atoms with Crippen LogP contribution in [0, 0.1) is 11.8 Å². The van der Waals surface area contributed by atoms with Crippen molar-refractivity contribution < 1.29 is 9.59 Å². The van der Waals surface area contributed by atoms with Crippen molar-refractivity contribution in [3.05, 3.63) is 156 Å². The lowest BCUT2D eigenvalue weighted by Crippen LogP contribution is -2.40. The summed E-state index contributed by atoms with van der Waals surface area (Å²) < 4.78 is 0. The van der Waals surface area contributed by atoms with E-state index in [-0.39, 0.29) is 23.4 Å². The van der Waals surface area contributed by atoms with Crippen LogP contribution in [-0.2, 0) is 0 Å². The number of rotatable bonds is 6. The van der Waals surface area contributed by atoms with Crippen LogP contribution in [0.4, 0.5) is 0 Å². The minimum Gasteiger partial charge on any atom is -0.294 e. The normalized spacial score (nSPS) is 21.6. The number of carbonyl (C=O) groups excluding carboxylic acids is 2. The van der Waals surface area contributed by atoms with Crippen LogP contribution in [0.1, 0.15) is 43.7 Å². The van der Waals surface area contributed by atoms with E-state index < -0.39 is 11.8 Å². The second-order valence-corrected chi connectivity index (χ2v) is 8.77. The van der Waals surface area contributed by atoms with E-state index in [1.165, 1.54) is 0 Å². The van der Waals surface area contributed by atoms with Gasteiger partial charge in [-0.15, -0.1) is 0 Å². The molecule has 0 radical (unpaired) electrons. The summed E-state index contributed by atoms with van der Waals surface area (Å²) in [5.74, 6) is -1.40. The number of hydrogen-bond donors (Lipinski definition) is 0. The first-order valence-electron chi connectivity index (χ1n) is 11.7.